The number of carbonyl (C=O) groups excluding carboxylic acids is 1. The Morgan fingerprint density at radius 1 is 1.10 bits per heavy atom. The van der Waals surface area contributed by atoms with Gasteiger partial charge in [0, 0.05) is 47.5 Å². The van der Waals surface area contributed by atoms with Crippen LogP contribution in [0, 0.1) is 17.6 Å². The van der Waals surface area contributed by atoms with Gasteiger partial charge in [0.1, 0.15) is 15.7 Å². The second-order valence-corrected chi connectivity index (χ2v) is 14.6. The highest BCUT2D eigenvalue weighted by molar-refractivity contribution is 7.91. The van der Waals surface area contributed by atoms with E-state index in [2.05, 4.69) is 0 Å². The molecule has 220 valence electrons. The van der Waals surface area contributed by atoms with Crippen molar-refractivity contribution in [2.45, 2.75) is 70.4 Å². The van der Waals surface area contributed by atoms with Crippen LogP contribution in [-0.4, -0.2) is 62.1 Å². The molecule has 0 radical (unpaired) electrons. The Labute approximate surface area is 240 Å². The quantitative estimate of drug-likeness (QED) is 0.369. The molecule has 0 bridgehead atoms. The van der Waals surface area contributed by atoms with E-state index in [1.807, 2.05) is 32.9 Å². The van der Waals surface area contributed by atoms with Crippen molar-refractivity contribution in [1.82, 2.24) is 4.90 Å². The first-order valence-corrected chi connectivity index (χ1v) is 15.9. The van der Waals surface area contributed by atoms with Gasteiger partial charge in [-0.15, -0.1) is 0 Å². The molecular formula is C30H38ClF2NO5S. The molecule has 3 atom stereocenters. The molecule has 0 aliphatic carbocycles. The molecule has 2 aliphatic heterocycles. The third-order valence-electron chi connectivity index (χ3n) is 8.18. The van der Waals surface area contributed by atoms with Crippen molar-refractivity contribution in [3.8, 4) is 5.75 Å². The zero-order chi connectivity index (χ0) is 29.3. The highest BCUT2D eigenvalue weighted by Crippen LogP contribution is 2.52. The van der Waals surface area contributed by atoms with Crippen LogP contribution < -0.4 is 4.74 Å². The van der Waals surface area contributed by atoms with Crippen molar-refractivity contribution < 1.29 is 31.5 Å². The van der Waals surface area contributed by atoms with Gasteiger partial charge in [-0.2, -0.15) is 0 Å². The number of hydrogen-bond acceptors (Lipinski definition) is 5. The highest BCUT2D eigenvalue weighted by Gasteiger charge is 2.53. The smallest absolute Gasteiger partial charge is 0.219 e. The number of nitrogens with zero attached hydrogens (tertiary/aromatic N) is 1. The number of sulfone groups is 1. The van der Waals surface area contributed by atoms with E-state index in [1.165, 1.54) is 6.92 Å². The van der Waals surface area contributed by atoms with Crippen molar-refractivity contribution in [1.29, 1.82) is 0 Å². The fraction of sp³-hybridized carbons (Fsp3) is 0.567. The molecule has 4 rings (SSSR count). The molecule has 2 heterocycles. The van der Waals surface area contributed by atoms with Crippen molar-refractivity contribution in [2.75, 3.05) is 31.3 Å². The Bertz CT molecular complexity index is 1330. The summed E-state index contributed by atoms with van der Waals surface area (Å²) in [7, 11) is -3.45. The van der Waals surface area contributed by atoms with Crippen molar-refractivity contribution in [3.05, 3.63) is 64.2 Å². The molecule has 6 nitrogen and oxygen atoms in total. The lowest BCUT2D eigenvalue weighted by Crippen LogP contribution is -2.55. The zero-order valence-electron chi connectivity index (χ0n) is 23.5. The van der Waals surface area contributed by atoms with Crippen LogP contribution in [0.2, 0.25) is 5.02 Å². The molecule has 40 heavy (non-hydrogen) atoms. The molecule has 0 N–H and O–H groups in total. The van der Waals surface area contributed by atoms with E-state index in [1.54, 1.807) is 17.0 Å². The number of ether oxygens (including phenoxy) is 2. The van der Waals surface area contributed by atoms with E-state index < -0.39 is 38.5 Å². The first-order chi connectivity index (χ1) is 18.7. The van der Waals surface area contributed by atoms with Crippen LogP contribution in [0.1, 0.15) is 58.1 Å². The molecule has 1 amide bonds. The summed E-state index contributed by atoms with van der Waals surface area (Å²) >= 11 is 6.09. The Kier molecular flexibility index (Phi) is 9.17. The topological polar surface area (TPSA) is 72.9 Å². The molecule has 2 aromatic carbocycles. The molecule has 0 aromatic heterocycles. The molecule has 1 saturated heterocycles. The van der Waals surface area contributed by atoms with Crippen LogP contribution in [0.15, 0.2) is 36.4 Å². The van der Waals surface area contributed by atoms with E-state index in [4.69, 9.17) is 21.1 Å². The maximum absolute atomic E-state index is 15.4. The van der Waals surface area contributed by atoms with Gasteiger partial charge in [-0.25, -0.2) is 17.2 Å². The number of carbonyl (C=O) groups is 1. The van der Waals surface area contributed by atoms with Crippen molar-refractivity contribution >= 4 is 27.3 Å². The Morgan fingerprint density at radius 3 is 2.42 bits per heavy atom. The summed E-state index contributed by atoms with van der Waals surface area (Å²) in [5.74, 6) is -1.89. The summed E-state index contributed by atoms with van der Waals surface area (Å²) in [5.41, 5.74) is -0.130. The minimum absolute atomic E-state index is 0.0562. The number of halogens is 3. The average Bonchev–Trinajstić information content (AvgIpc) is 2.87. The lowest BCUT2D eigenvalue weighted by Gasteiger charge is -2.51. The number of amides is 1. The van der Waals surface area contributed by atoms with Gasteiger partial charge < -0.3 is 14.4 Å². The summed E-state index contributed by atoms with van der Waals surface area (Å²) < 4.78 is 68.2. The predicted octanol–water partition coefficient (Wildman–Crippen LogP) is 5.74. The summed E-state index contributed by atoms with van der Waals surface area (Å²) in [6.45, 7) is 7.94. The highest BCUT2D eigenvalue weighted by atomic mass is 35.5. The van der Waals surface area contributed by atoms with Gasteiger partial charge in [-0.1, -0.05) is 23.7 Å². The third-order valence-corrected chi connectivity index (χ3v) is 10.2. The van der Waals surface area contributed by atoms with Crippen LogP contribution in [-0.2, 0) is 31.2 Å². The molecule has 10 heteroatoms. The monoisotopic (exact) mass is 597 g/mol. The lowest BCUT2D eigenvalue weighted by molar-refractivity contribution is -0.133. The maximum Gasteiger partial charge on any atom is 0.219 e. The Hall–Kier alpha value is -2.23. The standard InChI is InChI=1S/C30H38ClF2NO5S/c1-20(35)34(29(2,3)4)14-5-16-40(36,37)17-12-26-23-19-39-28-25(33)11-10-24(32)27(28)30(23,13-15-38-26)18-21-6-8-22(31)9-7-21/h6-11,23,26H,5,12-19H2,1-4H3/t23-,26-,30-/m0/s1. The number of benzene rings is 2. The van der Waals surface area contributed by atoms with Gasteiger partial charge in [-0.3, -0.25) is 4.79 Å². The van der Waals surface area contributed by atoms with Gasteiger partial charge in [-0.05, 0) is 76.3 Å². The van der Waals surface area contributed by atoms with Gasteiger partial charge in [0.25, 0.3) is 0 Å². The molecule has 0 unspecified atom stereocenters. The first kappa shape index (κ1) is 30.7. The molecule has 2 aliphatic rings. The minimum atomic E-state index is -3.45. The van der Waals surface area contributed by atoms with Crippen molar-refractivity contribution in [2.24, 2.45) is 5.92 Å². The van der Waals surface area contributed by atoms with Crippen LogP contribution in [0.4, 0.5) is 8.78 Å². The third kappa shape index (κ3) is 6.63. The van der Waals surface area contributed by atoms with Gasteiger partial charge in [0.05, 0.1) is 24.2 Å². The summed E-state index contributed by atoms with van der Waals surface area (Å²) in [6.07, 6.45) is 0.866. The van der Waals surface area contributed by atoms with Crippen LogP contribution >= 0.6 is 11.6 Å². The minimum Gasteiger partial charge on any atom is -0.490 e. The normalized spacial score (nSPS) is 22.7. The molecular weight excluding hydrogens is 560 g/mol. The lowest BCUT2D eigenvalue weighted by atomic mass is 9.60. The van der Waals surface area contributed by atoms with E-state index in [9.17, 15) is 17.6 Å². The molecule has 0 spiro atoms. The van der Waals surface area contributed by atoms with E-state index in [-0.39, 0.29) is 54.3 Å². The number of hydrogen-bond donors (Lipinski definition) is 0. The zero-order valence-corrected chi connectivity index (χ0v) is 25.1. The van der Waals surface area contributed by atoms with Gasteiger partial charge in [0.2, 0.25) is 5.91 Å². The molecule has 0 saturated carbocycles. The second kappa shape index (κ2) is 11.9. The number of fused-ring (bicyclic) bond motifs is 3. The van der Waals surface area contributed by atoms with Crippen LogP contribution in [0.25, 0.3) is 0 Å². The second-order valence-electron chi connectivity index (χ2n) is 11.9. The largest absolute Gasteiger partial charge is 0.490 e. The van der Waals surface area contributed by atoms with Crippen LogP contribution in [0.3, 0.4) is 0 Å². The SMILES string of the molecule is CC(=O)N(CCCS(=O)(=O)CC[C@@H]1OCC[C@@]2(Cc3ccc(Cl)cc3)c3c(F)ccc(F)c3OC[C@@H]12)C(C)(C)C. The molecule has 2 aromatic rings. The number of rotatable bonds is 9. The fourth-order valence-corrected chi connectivity index (χ4v) is 7.79. The van der Waals surface area contributed by atoms with Gasteiger partial charge in [0.15, 0.2) is 11.6 Å². The van der Waals surface area contributed by atoms with Crippen LogP contribution in [0.5, 0.6) is 5.75 Å². The fourth-order valence-electron chi connectivity index (χ4n) is 6.30. The van der Waals surface area contributed by atoms with E-state index in [0.29, 0.717) is 30.8 Å². The van der Waals surface area contributed by atoms with Gasteiger partial charge >= 0.3 is 0 Å². The van der Waals surface area contributed by atoms with Crippen molar-refractivity contribution in [3.63, 3.8) is 0 Å². The summed E-state index contributed by atoms with van der Waals surface area (Å²) in [4.78, 5) is 13.7. The Balaban J connectivity index is 1.54. The predicted molar refractivity (Wildman–Crippen MR) is 152 cm³/mol. The maximum atomic E-state index is 15.4. The Morgan fingerprint density at radius 2 is 1.77 bits per heavy atom. The van der Waals surface area contributed by atoms with E-state index in [0.717, 1.165) is 17.7 Å². The van der Waals surface area contributed by atoms with E-state index >= 15 is 4.39 Å². The first-order valence-electron chi connectivity index (χ1n) is 13.7. The average molecular weight is 598 g/mol. The summed E-state index contributed by atoms with van der Waals surface area (Å²) in [5, 5.41) is 0.575. The summed E-state index contributed by atoms with van der Waals surface area (Å²) in [6, 6.07) is 9.47. The molecule has 1 fully saturated rings.